The molecule has 1 amide bonds. The lowest BCUT2D eigenvalue weighted by Crippen LogP contribution is -2.23. The molecular weight excluding hydrogens is 292 g/mol. The number of anilines is 1. The van der Waals surface area contributed by atoms with Crippen molar-refractivity contribution in [3.8, 4) is 0 Å². The molecule has 0 saturated carbocycles. The van der Waals surface area contributed by atoms with Gasteiger partial charge in [-0.2, -0.15) is 0 Å². The zero-order valence-corrected chi connectivity index (χ0v) is 12.2. The minimum Gasteiger partial charge on any atom is -0.465 e. The summed E-state index contributed by atoms with van der Waals surface area (Å²) in [5.41, 5.74) is 1.77. The number of hydrogen-bond donors (Lipinski definition) is 3. The van der Waals surface area contributed by atoms with Gasteiger partial charge in [-0.3, -0.25) is 4.79 Å². The monoisotopic (exact) mass is 306 g/mol. The van der Waals surface area contributed by atoms with Crippen molar-refractivity contribution in [3.05, 3.63) is 34.2 Å². The van der Waals surface area contributed by atoms with E-state index in [1.807, 2.05) is 0 Å². The summed E-state index contributed by atoms with van der Waals surface area (Å²) in [5, 5.41) is 6.54. The lowest BCUT2D eigenvalue weighted by Gasteiger charge is -2.13. The maximum absolute atomic E-state index is 12.1. The van der Waals surface area contributed by atoms with Crippen LogP contribution in [0.1, 0.15) is 31.3 Å². The van der Waals surface area contributed by atoms with Gasteiger partial charge in [0.05, 0.1) is 25.2 Å². The van der Waals surface area contributed by atoms with Gasteiger partial charge in [0.1, 0.15) is 10.7 Å². The number of methoxy groups -OCH3 is 1. The van der Waals surface area contributed by atoms with E-state index in [1.165, 1.54) is 31.0 Å². The molecule has 0 bridgehead atoms. The molecular formula is C13H14N4O3S. The van der Waals surface area contributed by atoms with Crippen molar-refractivity contribution in [1.82, 2.24) is 15.3 Å². The second-order valence-corrected chi connectivity index (χ2v) is 5.65. The molecule has 7 nitrogen and oxygen atoms in total. The third-order valence-electron chi connectivity index (χ3n) is 3.29. The van der Waals surface area contributed by atoms with Crippen LogP contribution in [-0.2, 0) is 17.7 Å². The molecule has 8 heteroatoms. The highest BCUT2D eigenvalue weighted by Crippen LogP contribution is 2.36. The van der Waals surface area contributed by atoms with E-state index in [-0.39, 0.29) is 5.91 Å². The number of imidazole rings is 1. The van der Waals surface area contributed by atoms with Crippen molar-refractivity contribution in [3.63, 3.8) is 0 Å². The van der Waals surface area contributed by atoms with E-state index in [0.717, 1.165) is 23.4 Å². The fourth-order valence-electron chi connectivity index (χ4n) is 2.29. The minimum atomic E-state index is -0.422. The van der Waals surface area contributed by atoms with Crippen LogP contribution in [0, 0.1) is 0 Å². The van der Waals surface area contributed by atoms with Crippen LogP contribution in [0.2, 0.25) is 0 Å². The van der Waals surface area contributed by atoms with E-state index in [4.69, 9.17) is 4.74 Å². The highest BCUT2D eigenvalue weighted by atomic mass is 32.1. The molecule has 3 heterocycles. The second-order valence-electron chi connectivity index (χ2n) is 4.55. The van der Waals surface area contributed by atoms with Gasteiger partial charge in [0, 0.05) is 11.4 Å². The number of nitrogens with zero attached hydrogens (tertiary/aromatic N) is 1. The molecule has 0 spiro atoms. The first-order chi connectivity index (χ1) is 10.2. The molecule has 1 aliphatic rings. The highest BCUT2D eigenvalue weighted by molar-refractivity contribution is 7.17. The van der Waals surface area contributed by atoms with Crippen LogP contribution >= 0.6 is 11.3 Å². The number of rotatable bonds is 3. The number of nitrogens with one attached hydrogen (secondary N) is 3. The summed E-state index contributed by atoms with van der Waals surface area (Å²) in [6, 6.07) is 0. The smallest absolute Gasteiger partial charge is 0.341 e. The van der Waals surface area contributed by atoms with Crippen molar-refractivity contribution in [1.29, 1.82) is 0 Å². The Morgan fingerprint density at radius 3 is 3.05 bits per heavy atom. The number of ether oxygens (including phenoxy) is 1. The van der Waals surface area contributed by atoms with E-state index in [9.17, 15) is 9.59 Å². The minimum absolute atomic E-state index is 0.329. The zero-order chi connectivity index (χ0) is 14.8. The summed E-state index contributed by atoms with van der Waals surface area (Å²) in [4.78, 5) is 31.7. The molecule has 0 atom stereocenters. The van der Waals surface area contributed by atoms with E-state index in [2.05, 4.69) is 20.6 Å². The molecule has 0 unspecified atom stereocenters. The summed E-state index contributed by atoms with van der Waals surface area (Å²) in [7, 11) is 1.34. The highest BCUT2D eigenvalue weighted by Gasteiger charge is 2.27. The van der Waals surface area contributed by atoms with Crippen LogP contribution in [-0.4, -0.2) is 35.5 Å². The molecule has 0 radical (unpaired) electrons. The molecule has 0 saturated heterocycles. The van der Waals surface area contributed by atoms with Gasteiger partial charge in [0.15, 0.2) is 0 Å². The quantitative estimate of drug-likeness (QED) is 0.739. The van der Waals surface area contributed by atoms with Crippen molar-refractivity contribution in [2.45, 2.75) is 13.0 Å². The topological polar surface area (TPSA) is 96.1 Å². The molecule has 2 aromatic heterocycles. The first-order valence-corrected chi connectivity index (χ1v) is 7.25. The van der Waals surface area contributed by atoms with Crippen LogP contribution in [0.3, 0.4) is 0 Å². The number of esters is 1. The predicted molar refractivity (Wildman–Crippen MR) is 77.6 cm³/mol. The lowest BCUT2D eigenvalue weighted by atomic mass is 10.0. The van der Waals surface area contributed by atoms with Crippen molar-refractivity contribution >= 4 is 28.2 Å². The lowest BCUT2D eigenvalue weighted by molar-refractivity contribution is 0.0601. The number of hydrogen-bond acceptors (Lipinski definition) is 6. The number of thiophene rings is 1. The third kappa shape index (κ3) is 2.55. The van der Waals surface area contributed by atoms with E-state index < -0.39 is 5.97 Å². The molecule has 3 N–H and O–H groups in total. The van der Waals surface area contributed by atoms with E-state index in [1.54, 1.807) is 0 Å². The standard InChI is InChI=1S/C13H14N4O3S/c1-20-13(19)10-7-2-3-14-5-9(7)21-12(10)17-11(18)8-4-15-6-16-8/h4,6,14H,2-3,5H2,1H3,(H,15,16)(H,17,18). The number of fused-ring (bicyclic) bond motifs is 1. The van der Waals surface area contributed by atoms with Gasteiger partial charge in [-0.05, 0) is 18.5 Å². The van der Waals surface area contributed by atoms with Gasteiger partial charge in [0.2, 0.25) is 0 Å². The number of carbonyl (C=O) groups excluding carboxylic acids is 2. The number of aromatic amines is 1. The Morgan fingerprint density at radius 1 is 1.48 bits per heavy atom. The molecule has 0 fully saturated rings. The number of aromatic nitrogens is 2. The summed E-state index contributed by atoms with van der Waals surface area (Å²) in [6.07, 6.45) is 3.61. The Kier molecular flexibility index (Phi) is 3.72. The Bertz CT molecular complexity index is 678. The predicted octanol–water partition coefficient (Wildman–Crippen LogP) is 1.16. The van der Waals surface area contributed by atoms with Crippen LogP contribution in [0.15, 0.2) is 12.5 Å². The summed E-state index contributed by atoms with van der Waals surface area (Å²) in [6.45, 7) is 1.51. The van der Waals surface area contributed by atoms with Gasteiger partial charge in [0.25, 0.3) is 5.91 Å². The number of amides is 1. The zero-order valence-electron chi connectivity index (χ0n) is 11.4. The van der Waals surface area contributed by atoms with Gasteiger partial charge in [-0.15, -0.1) is 11.3 Å². The summed E-state index contributed by atoms with van der Waals surface area (Å²) in [5.74, 6) is -0.751. The van der Waals surface area contributed by atoms with Crippen molar-refractivity contribution < 1.29 is 14.3 Å². The summed E-state index contributed by atoms with van der Waals surface area (Å²) >= 11 is 1.40. The SMILES string of the molecule is COC(=O)c1c(NC(=O)c2cnc[nH]2)sc2c1CCNC2. The van der Waals surface area contributed by atoms with Crippen LogP contribution in [0.25, 0.3) is 0 Å². The largest absolute Gasteiger partial charge is 0.465 e. The maximum atomic E-state index is 12.1. The Balaban J connectivity index is 1.95. The molecule has 1 aliphatic heterocycles. The van der Waals surface area contributed by atoms with Gasteiger partial charge < -0.3 is 20.4 Å². The van der Waals surface area contributed by atoms with E-state index >= 15 is 0 Å². The van der Waals surface area contributed by atoms with E-state index in [0.29, 0.717) is 22.8 Å². The molecule has 110 valence electrons. The summed E-state index contributed by atoms with van der Waals surface area (Å²) < 4.78 is 4.85. The molecule has 3 rings (SSSR count). The van der Waals surface area contributed by atoms with Crippen LogP contribution < -0.4 is 10.6 Å². The first kappa shape index (κ1) is 13.8. The Labute approximate surface area is 124 Å². The Hall–Kier alpha value is -2.19. The molecule has 0 aliphatic carbocycles. The van der Waals surface area contributed by atoms with Gasteiger partial charge >= 0.3 is 5.97 Å². The molecule has 21 heavy (non-hydrogen) atoms. The van der Waals surface area contributed by atoms with Crippen molar-refractivity contribution in [2.24, 2.45) is 0 Å². The normalized spacial score (nSPS) is 13.6. The average molecular weight is 306 g/mol. The van der Waals surface area contributed by atoms with Gasteiger partial charge in [-0.25, -0.2) is 9.78 Å². The molecule has 2 aromatic rings. The second kappa shape index (κ2) is 5.66. The Morgan fingerprint density at radius 2 is 2.33 bits per heavy atom. The third-order valence-corrected chi connectivity index (χ3v) is 4.43. The number of H-pyrrole nitrogens is 1. The maximum Gasteiger partial charge on any atom is 0.341 e. The van der Waals surface area contributed by atoms with Crippen LogP contribution in [0.5, 0.6) is 0 Å². The fraction of sp³-hybridized carbons (Fsp3) is 0.308. The first-order valence-electron chi connectivity index (χ1n) is 6.44. The van der Waals surface area contributed by atoms with Gasteiger partial charge in [-0.1, -0.05) is 0 Å². The molecule has 0 aromatic carbocycles. The number of carbonyl (C=O) groups is 2. The van der Waals surface area contributed by atoms with Crippen LogP contribution in [0.4, 0.5) is 5.00 Å². The van der Waals surface area contributed by atoms with Crippen molar-refractivity contribution in [2.75, 3.05) is 19.0 Å². The average Bonchev–Trinajstić information content (AvgIpc) is 3.13. The fourth-order valence-corrected chi connectivity index (χ4v) is 3.49.